The van der Waals surface area contributed by atoms with Crippen LogP contribution < -0.4 is 4.72 Å². The highest BCUT2D eigenvalue weighted by molar-refractivity contribution is 7.92. The average Bonchev–Trinajstić information content (AvgIpc) is 2.74. The van der Waals surface area contributed by atoms with E-state index in [0.29, 0.717) is 13.1 Å². The van der Waals surface area contributed by atoms with E-state index in [-0.39, 0.29) is 28.7 Å². The molecule has 29 heavy (non-hydrogen) atoms. The fraction of sp³-hybridized carbons (Fsp3) is 0.300. The van der Waals surface area contributed by atoms with Gasteiger partial charge in [0.2, 0.25) is 0 Å². The largest absolute Gasteiger partial charge is 0.452 e. The van der Waals surface area contributed by atoms with Gasteiger partial charge in [-0.25, -0.2) is 17.6 Å². The van der Waals surface area contributed by atoms with Crippen LogP contribution in [0.15, 0.2) is 53.4 Å². The lowest BCUT2D eigenvalue weighted by Gasteiger charge is -2.26. The molecule has 9 heteroatoms. The van der Waals surface area contributed by atoms with Gasteiger partial charge in [0, 0.05) is 18.8 Å². The van der Waals surface area contributed by atoms with E-state index in [2.05, 4.69) is 4.72 Å². The number of nitrogens with one attached hydrogen (secondary N) is 1. The van der Waals surface area contributed by atoms with E-state index in [4.69, 9.17) is 4.74 Å². The number of halogens is 1. The maximum absolute atomic E-state index is 13.0. The Bertz CT molecular complexity index is 986. The first-order valence-electron chi connectivity index (χ1n) is 9.18. The summed E-state index contributed by atoms with van der Waals surface area (Å²) in [5, 5.41) is 0. The molecule has 1 aliphatic heterocycles. The van der Waals surface area contributed by atoms with Gasteiger partial charge in [-0.2, -0.15) is 0 Å². The van der Waals surface area contributed by atoms with E-state index in [1.165, 1.54) is 36.4 Å². The number of amides is 1. The number of hydrogen-bond donors (Lipinski definition) is 1. The predicted octanol–water partition coefficient (Wildman–Crippen LogP) is 2.80. The first-order chi connectivity index (χ1) is 13.8. The molecule has 1 aliphatic rings. The predicted molar refractivity (Wildman–Crippen MR) is 104 cm³/mol. The van der Waals surface area contributed by atoms with E-state index < -0.39 is 21.8 Å². The van der Waals surface area contributed by atoms with E-state index in [9.17, 15) is 22.4 Å². The van der Waals surface area contributed by atoms with Crippen LogP contribution in [0.2, 0.25) is 0 Å². The van der Waals surface area contributed by atoms with Crippen molar-refractivity contribution in [1.29, 1.82) is 0 Å². The molecule has 154 valence electrons. The lowest BCUT2D eigenvalue weighted by Crippen LogP contribution is -2.38. The van der Waals surface area contributed by atoms with Crippen molar-refractivity contribution in [2.24, 2.45) is 0 Å². The van der Waals surface area contributed by atoms with Gasteiger partial charge in [0.15, 0.2) is 6.61 Å². The number of nitrogens with zero attached hydrogens (tertiary/aromatic N) is 1. The number of ether oxygens (including phenoxy) is 1. The summed E-state index contributed by atoms with van der Waals surface area (Å²) < 4.78 is 45.4. The third-order valence-electron chi connectivity index (χ3n) is 4.51. The van der Waals surface area contributed by atoms with Gasteiger partial charge in [0.1, 0.15) is 5.82 Å². The molecular formula is C20H21FN2O5S. The van der Waals surface area contributed by atoms with Crippen LogP contribution in [-0.2, 0) is 19.6 Å². The molecule has 0 unspecified atom stereocenters. The summed E-state index contributed by atoms with van der Waals surface area (Å²) in [6, 6.07) is 10.1. The van der Waals surface area contributed by atoms with Gasteiger partial charge in [-0.15, -0.1) is 0 Å². The van der Waals surface area contributed by atoms with Crippen molar-refractivity contribution in [3.8, 4) is 0 Å². The summed E-state index contributed by atoms with van der Waals surface area (Å²) in [6.45, 7) is 0.919. The number of carbonyl (C=O) groups excluding carboxylic acids is 2. The Morgan fingerprint density at radius 2 is 1.72 bits per heavy atom. The molecule has 1 saturated heterocycles. The summed E-state index contributed by atoms with van der Waals surface area (Å²) in [5.74, 6) is -1.54. The highest BCUT2D eigenvalue weighted by Gasteiger charge is 2.20. The number of sulfonamides is 1. The fourth-order valence-corrected chi connectivity index (χ4v) is 4.07. The second-order valence-corrected chi connectivity index (χ2v) is 8.34. The molecule has 0 aliphatic carbocycles. The molecule has 2 aromatic rings. The number of esters is 1. The van der Waals surface area contributed by atoms with Crippen molar-refractivity contribution < 1.29 is 27.1 Å². The first-order valence-corrected chi connectivity index (χ1v) is 10.7. The molecule has 0 atom stereocenters. The summed E-state index contributed by atoms with van der Waals surface area (Å²) in [7, 11) is -3.99. The third kappa shape index (κ3) is 5.54. The van der Waals surface area contributed by atoms with Gasteiger partial charge >= 0.3 is 5.97 Å². The van der Waals surface area contributed by atoms with Crippen molar-refractivity contribution in [3.63, 3.8) is 0 Å². The number of likely N-dealkylation sites (tertiary alicyclic amines) is 1. The molecule has 0 radical (unpaired) electrons. The maximum atomic E-state index is 13.0. The van der Waals surface area contributed by atoms with E-state index >= 15 is 0 Å². The van der Waals surface area contributed by atoms with Crippen LogP contribution in [0.3, 0.4) is 0 Å². The number of anilines is 1. The zero-order chi connectivity index (χ0) is 20.9. The van der Waals surface area contributed by atoms with E-state index in [1.54, 1.807) is 4.90 Å². The Morgan fingerprint density at radius 1 is 1.03 bits per heavy atom. The molecule has 0 saturated carbocycles. The molecule has 1 N–H and O–H groups in total. The number of benzene rings is 2. The molecule has 2 aromatic carbocycles. The Kier molecular flexibility index (Phi) is 6.48. The quantitative estimate of drug-likeness (QED) is 0.726. The monoisotopic (exact) mass is 420 g/mol. The first kappa shape index (κ1) is 20.8. The van der Waals surface area contributed by atoms with Crippen LogP contribution in [0.4, 0.5) is 10.1 Å². The molecule has 0 aromatic heterocycles. The molecule has 7 nitrogen and oxygen atoms in total. The Balaban J connectivity index is 1.65. The van der Waals surface area contributed by atoms with Crippen LogP contribution in [0.25, 0.3) is 0 Å². The highest BCUT2D eigenvalue weighted by Crippen LogP contribution is 2.18. The summed E-state index contributed by atoms with van der Waals surface area (Å²) in [4.78, 5) is 25.9. The van der Waals surface area contributed by atoms with Crippen molar-refractivity contribution in [3.05, 3.63) is 59.9 Å². The lowest BCUT2D eigenvalue weighted by molar-refractivity contribution is -0.135. The second kappa shape index (κ2) is 9.04. The van der Waals surface area contributed by atoms with Crippen LogP contribution in [0.1, 0.15) is 29.6 Å². The van der Waals surface area contributed by atoms with Crippen molar-refractivity contribution in [1.82, 2.24) is 4.90 Å². The molecule has 1 heterocycles. The van der Waals surface area contributed by atoms with Gasteiger partial charge in [0.25, 0.3) is 15.9 Å². The zero-order valence-corrected chi connectivity index (χ0v) is 16.5. The van der Waals surface area contributed by atoms with E-state index in [0.717, 1.165) is 31.4 Å². The maximum Gasteiger partial charge on any atom is 0.338 e. The summed E-state index contributed by atoms with van der Waals surface area (Å²) in [6.07, 6.45) is 2.94. The molecule has 3 rings (SSSR count). The lowest BCUT2D eigenvalue weighted by atomic mass is 10.1. The van der Waals surface area contributed by atoms with Gasteiger partial charge in [0.05, 0.1) is 10.5 Å². The van der Waals surface area contributed by atoms with Gasteiger partial charge in [-0.05, 0) is 61.7 Å². The zero-order valence-electron chi connectivity index (χ0n) is 15.6. The normalized spacial score (nSPS) is 14.3. The summed E-state index contributed by atoms with van der Waals surface area (Å²) >= 11 is 0. The number of carbonyl (C=O) groups is 2. The number of rotatable bonds is 6. The molecule has 0 spiro atoms. The highest BCUT2D eigenvalue weighted by atomic mass is 32.2. The Morgan fingerprint density at radius 3 is 2.41 bits per heavy atom. The van der Waals surface area contributed by atoms with Crippen molar-refractivity contribution in [2.75, 3.05) is 24.4 Å². The minimum Gasteiger partial charge on any atom is -0.452 e. The minimum absolute atomic E-state index is 0.0124. The fourth-order valence-electron chi connectivity index (χ4n) is 2.97. The van der Waals surface area contributed by atoms with E-state index in [1.807, 2.05) is 0 Å². The minimum atomic E-state index is -3.99. The van der Waals surface area contributed by atoms with Crippen LogP contribution in [0.5, 0.6) is 0 Å². The summed E-state index contributed by atoms with van der Waals surface area (Å²) in [5.41, 5.74) is 0.199. The molecule has 1 fully saturated rings. The second-order valence-electron chi connectivity index (χ2n) is 6.66. The molecule has 1 amide bonds. The Labute approximate surface area is 168 Å². The molecule has 0 bridgehead atoms. The van der Waals surface area contributed by atoms with Gasteiger partial charge in [-0.1, -0.05) is 6.07 Å². The standard InChI is InChI=1S/C20H21FN2O5S/c21-16-7-9-17(10-8-16)22-29(26,27)18-6-4-5-15(13-18)20(25)28-14-19(24)23-11-2-1-3-12-23/h4-10,13,22H,1-3,11-12,14H2. The molecular weight excluding hydrogens is 399 g/mol. The smallest absolute Gasteiger partial charge is 0.338 e. The Hall–Kier alpha value is -2.94. The third-order valence-corrected chi connectivity index (χ3v) is 5.89. The number of piperidine rings is 1. The van der Waals surface area contributed by atoms with Gasteiger partial charge in [-0.3, -0.25) is 9.52 Å². The van der Waals surface area contributed by atoms with Gasteiger partial charge < -0.3 is 9.64 Å². The SMILES string of the molecule is O=C(OCC(=O)N1CCCCC1)c1cccc(S(=O)(=O)Nc2ccc(F)cc2)c1. The van der Waals surface area contributed by atoms with Crippen LogP contribution in [0, 0.1) is 5.82 Å². The van der Waals surface area contributed by atoms with Crippen molar-refractivity contribution in [2.45, 2.75) is 24.2 Å². The number of hydrogen-bond acceptors (Lipinski definition) is 5. The topological polar surface area (TPSA) is 92.8 Å². The van der Waals surface area contributed by atoms with Crippen molar-refractivity contribution >= 4 is 27.6 Å². The average molecular weight is 420 g/mol. The van der Waals surface area contributed by atoms with Crippen LogP contribution >= 0.6 is 0 Å². The van der Waals surface area contributed by atoms with Crippen LogP contribution in [-0.4, -0.2) is 44.9 Å².